The van der Waals surface area contributed by atoms with Crippen molar-refractivity contribution in [3.05, 3.63) is 72.9 Å². The second-order valence-corrected chi connectivity index (χ2v) is 7.92. The van der Waals surface area contributed by atoms with Crippen LogP contribution in [0.4, 0.5) is 11.4 Å². The molecule has 1 saturated carbocycles. The maximum absolute atomic E-state index is 5.51. The number of fused-ring (bicyclic) bond motifs is 1. The summed E-state index contributed by atoms with van der Waals surface area (Å²) in [5, 5.41) is 0. The molecule has 1 aliphatic carbocycles. The quantitative estimate of drug-likeness (QED) is 0.381. The third-order valence-corrected chi connectivity index (χ3v) is 5.69. The molecule has 5 heteroatoms. The minimum absolute atomic E-state index is 0.703. The molecule has 1 aliphatic rings. The molecule has 1 heterocycles. The van der Waals surface area contributed by atoms with Crippen molar-refractivity contribution in [2.75, 3.05) is 25.7 Å². The number of nitrogens with zero attached hydrogens (tertiary/aromatic N) is 3. The molecule has 0 bridgehead atoms. The van der Waals surface area contributed by atoms with Gasteiger partial charge in [0.05, 0.1) is 37.1 Å². The normalized spacial score (nSPS) is 13.2. The van der Waals surface area contributed by atoms with Crippen LogP contribution in [0.5, 0.6) is 11.5 Å². The molecular weight excluding hydrogens is 386 g/mol. The van der Waals surface area contributed by atoms with Crippen molar-refractivity contribution >= 4 is 22.4 Å². The largest absolute Gasteiger partial charge is 0.497 e. The third kappa shape index (κ3) is 4.17. The van der Waals surface area contributed by atoms with Gasteiger partial charge in [0.1, 0.15) is 11.5 Å². The Hall–Kier alpha value is -3.60. The predicted molar refractivity (Wildman–Crippen MR) is 124 cm³/mol. The molecule has 0 N–H and O–H groups in total. The van der Waals surface area contributed by atoms with E-state index in [4.69, 9.17) is 14.5 Å². The Kier molecular flexibility index (Phi) is 5.16. The molecule has 0 saturated heterocycles. The lowest BCUT2D eigenvalue weighted by Crippen LogP contribution is -2.20. The van der Waals surface area contributed by atoms with Crippen LogP contribution in [-0.4, -0.2) is 30.7 Å². The van der Waals surface area contributed by atoms with Crippen molar-refractivity contribution in [2.24, 2.45) is 5.92 Å². The van der Waals surface area contributed by atoms with Crippen LogP contribution in [-0.2, 0) is 0 Å². The molecule has 5 nitrogen and oxygen atoms in total. The first-order valence-electron chi connectivity index (χ1n) is 10.6. The van der Waals surface area contributed by atoms with E-state index in [-0.39, 0.29) is 0 Å². The Labute approximate surface area is 182 Å². The highest BCUT2D eigenvalue weighted by Gasteiger charge is 2.26. The van der Waals surface area contributed by atoms with Gasteiger partial charge in [0.15, 0.2) is 0 Å². The number of ether oxygens (including phenoxy) is 2. The van der Waals surface area contributed by atoms with Crippen molar-refractivity contribution in [1.29, 1.82) is 0 Å². The molecule has 0 spiro atoms. The highest BCUT2D eigenvalue weighted by molar-refractivity contribution is 5.82. The van der Waals surface area contributed by atoms with Gasteiger partial charge < -0.3 is 14.4 Å². The van der Waals surface area contributed by atoms with Crippen LogP contribution in [0.25, 0.3) is 22.3 Å². The first kappa shape index (κ1) is 19.4. The Morgan fingerprint density at radius 3 is 2.26 bits per heavy atom. The van der Waals surface area contributed by atoms with E-state index in [9.17, 15) is 0 Å². The summed E-state index contributed by atoms with van der Waals surface area (Å²) < 4.78 is 11.0. The van der Waals surface area contributed by atoms with Gasteiger partial charge in [-0.2, -0.15) is 0 Å². The van der Waals surface area contributed by atoms with Crippen molar-refractivity contribution < 1.29 is 9.47 Å². The molecule has 31 heavy (non-hydrogen) atoms. The Bertz CT molecular complexity index is 1180. The topological polar surface area (TPSA) is 47.5 Å². The summed E-state index contributed by atoms with van der Waals surface area (Å²) in [6.45, 7) is 0.952. The molecule has 0 radical (unpaired) electrons. The van der Waals surface area contributed by atoms with Crippen LogP contribution >= 0.6 is 0 Å². The van der Waals surface area contributed by atoms with E-state index in [0.29, 0.717) is 5.92 Å². The molecule has 3 aromatic carbocycles. The SMILES string of the molecule is COc1cc(OC)cc(N(CC2CC2)c2ccc3ncc(-c4ccccc4)nc3c2)c1. The van der Waals surface area contributed by atoms with Crippen LogP contribution < -0.4 is 14.4 Å². The fraction of sp³-hybridized carbons (Fsp3) is 0.231. The number of anilines is 2. The zero-order valence-electron chi connectivity index (χ0n) is 17.8. The van der Waals surface area contributed by atoms with Crippen molar-refractivity contribution in [1.82, 2.24) is 9.97 Å². The summed E-state index contributed by atoms with van der Waals surface area (Å²) in [6, 6.07) is 22.5. The summed E-state index contributed by atoms with van der Waals surface area (Å²) in [6.07, 6.45) is 4.37. The van der Waals surface area contributed by atoms with Gasteiger partial charge in [-0.1, -0.05) is 30.3 Å². The lowest BCUT2D eigenvalue weighted by Gasteiger charge is -2.26. The van der Waals surface area contributed by atoms with E-state index in [2.05, 4.69) is 46.3 Å². The zero-order chi connectivity index (χ0) is 21.2. The lowest BCUT2D eigenvalue weighted by molar-refractivity contribution is 0.394. The summed E-state index contributed by atoms with van der Waals surface area (Å²) >= 11 is 0. The van der Waals surface area contributed by atoms with Crippen molar-refractivity contribution in [3.63, 3.8) is 0 Å². The van der Waals surface area contributed by atoms with E-state index < -0.39 is 0 Å². The van der Waals surface area contributed by atoms with Crippen LogP contribution in [0.1, 0.15) is 12.8 Å². The minimum atomic E-state index is 0.703. The molecule has 5 rings (SSSR count). The smallest absolute Gasteiger partial charge is 0.124 e. The molecular formula is C26H25N3O2. The number of methoxy groups -OCH3 is 2. The highest BCUT2D eigenvalue weighted by Crippen LogP contribution is 2.38. The Morgan fingerprint density at radius 1 is 0.839 bits per heavy atom. The number of hydrogen-bond donors (Lipinski definition) is 0. The van der Waals surface area contributed by atoms with Gasteiger partial charge >= 0.3 is 0 Å². The second-order valence-electron chi connectivity index (χ2n) is 7.92. The van der Waals surface area contributed by atoms with Crippen LogP contribution in [0.2, 0.25) is 0 Å². The van der Waals surface area contributed by atoms with E-state index in [1.807, 2.05) is 36.5 Å². The third-order valence-electron chi connectivity index (χ3n) is 5.69. The van der Waals surface area contributed by atoms with Crippen molar-refractivity contribution in [3.8, 4) is 22.8 Å². The molecule has 0 aliphatic heterocycles. The highest BCUT2D eigenvalue weighted by atomic mass is 16.5. The molecule has 1 aromatic heterocycles. The second kappa shape index (κ2) is 8.26. The van der Waals surface area contributed by atoms with E-state index in [1.54, 1.807) is 14.2 Å². The summed E-state index contributed by atoms with van der Waals surface area (Å²) in [5.74, 6) is 2.26. The maximum atomic E-state index is 5.51. The molecule has 4 aromatic rings. The van der Waals surface area contributed by atoms with E-state index in [0.717, 1.165) is 51.7 Å². The van der Waals surface area contributed by atoms with Gasteiger partial charge in [-0.15, -0.1) is 0 Å². The molecule has 156 valence electrons. The van der Waals surface area contributed by atoms with Gasteiger partial charge in [0, 0.05) is 41.7 Å². The van der Waals surface area contributed by atoms with Gasteiger partial charge in [-0.25, -0.2) is 4.98 Å². The zero-order valence-corrected chi connectivity index (χ0v) is 17.8. The van der Waals surface area contributed by atoms with Crippen LogP contribution in [0.15, 0.2) is 72.9 Å². The first-order chi connectivity index (χ1) is 15.2. The van der Waals surface area contributed by atoms with Gasteiger partial charge in [0.2, 0.25) is 0 Å². The fourth-order valence-corrected chi connectivity index (χ4v) is 3.78. The van der Waals surface area contributed by atoms with E-state index >= 15 is 0 Å². The summed E-state index contributed by atoms with van der Waals surface area (Å²) in [7, 11) is 3.36. The van der Waals surface area contributed by atoms with Crippen LogP contribution in [0, 0.1) is 5.92 Å². The van der Waals surface area contributed by atoms with Crippen molar-refractivity contribution in [2.45, 2.75) is 12.8 Å². The number of aromatic nitrogens is 2. The summed E-state index contributed by atoms with van der Waals surface area (Å²) in [4.78, 5) is 11.9. The van der Waals surface area contributed by atoms with Crippen LogP contribution in [0.3, 0.4) is 0 Å². The fourth-order valence-electron chi connectivity index (χ4n) is 3.78. The monoisotopic (exact) mass is 411 g/mol. The number of rotatable bonds is 7. The maximum Gasteiger partial charge on any atom is 0.124 e. The average molecular weight is 412 g/mol. The number of benzene rings is 3. The van der Waals surface area contributed by atoms with Gasteiger partial charge in [-0.3, -0.25) is 4.98 Å². The molecule has 1 fully saturated rings. The van der Waals surface area contributed by atoms with Gasteiger partial charge in [0.25, 0.3) is 0 Å². The van der Waals surface area contributed by atoms with Gasteiger partial charge in [-0.05, 0) is 37.0 Å². The Balaban J connectivity index is 1.58. The molecule has 0 atom stereocenters. The minimum Gasteiger partial charge on any atom is -0.497 e. The lowest BCUT2D eigenvalue weighted by atomic mass is 10.1. The average Bonchev–Trinajstić information content (AvgIpc) is 3.66. The first-order valence-corrected chi connectivity index (χ1v) is 10.6. The predicted octanol–water partition coefficient (Wildman–Crippen LogP) is 5.86. The Morgan fingerprint density at radius 2 is 1.58 bits per heavy atom. The van der Waals surface area contributed by atoms with E-state index in [1.165, 1.54) is 12.8 Å². The standard InChI is InChI=1S/C26H25N3O2/c1-30-22-12-21(13-23(15-22)31-2)29(17-18-8-9-18)20-10-11-24-25(14-20)28-26(16-27-24)19-6-4-3-5-7-19/h3-7,10-16,18H,8-9,17H2,1-2H3. The molecule has 0 unspecified atom stereocenters. The molecule has 0 amide bonds. The summed E-state index contributed by atoms with van der Waals surface area (Å²) in [5.41, 5.74) is 5.85. The number of hydrogen-bond acceptors (Lipinski definition) is 5.